The summed E-state index contributed by atoms with van der Waals surface area (Å²) < 4.78 is 5.25. The molecule has 1 amide bonds. The van der Waals surface area contributed by atoms with Crippen LogP contribution in [0.1, 0.15) is 51.9 Å². The van der Waals surface area contributed by atoms with Crippen molar-refractivity contribution in [3.63, 3.8) is 0 Å². The molecule has 146 valence electrons. The molecule has 0 unspecified atom stereocenters. The summed E-state index contributed by atoms with van der Waals surface area (Å²) in [7, 11) is 1.76. The highest BCUT2D eigenvalue weighted by Crippen LogP contribution is 2.43. The number of ether oxygens (including phenoxy) is 1. The number of carbonyl (C=O) groups excluding carboxylic acids is 1. The second-order valence-corrected chi connectivity index (χ2v) is 7.09. The van der Waals surface area contributed by atoms with Crippen molar-refractivity contribution in [2.45, 2.75) is 51.9 Å². The van der Waals surface area contributed by atoms with Crippen molar-refractivity contribution in [3.8, 4) is 0 Å². The second kappa shape index (κ2) is 11.9. The monoisotopic (exact) mass is 466 g/mol. The van der Waals surface area contributed by atoms with Gasteiger partial charge in [0.05, 0.1) is 0 Å². The van der Waals surface area contributed by atoms with Gasteiger partial charge in [-0.3, -0.25) is 4.79 Å². The maximum atomic E-state index is 12.3. The summed E-state index contributed by atoms with van der Waals surface area (Å²) in [5.74, 6) is 0.899. The van der Waals surface area contributed by atoms with Crippen LogP contribution in [0, 0.1) is 5.41 Å². The molecule has 2 N–H and O–H groups in total. The first-order chi connectivity index (χ1) is 11.7. The average molecular weight is 466 g/mol. The molecule has 1 heterocycles. The first-order valence-electron chi connectivity index (χ1n) is 9.48. The smallest absolute Gasteiger partial charge is 0.244 e. The van der Waals surface area contributed by atoms with Gasteiger partial charge in [-0.1, -0.05) is 6.42 Å². The Morgan fingerprint density at radius 2 is 1.88 bits per heavy atom. The minimum atomic E-state index is 0. The Hall–Kier alpha value is -0.570. The van der Waals surface area contributed by atoms with Gasteiger partial charge in [0.2, 0.25) is 5.91 Å². The van der Waals surface area contributed by atoms with Gasteiger partial charge in [-0.25, -0.2) is 4.99 Å². The van der Waals surface area contributed by atoms with Gasteiger partial charge < -0.3 is 20.3 Å². The number of methoxy groups -OCH3 is 1. The molecule has 25 heavy (non-hydrogen) atoms. The van der Waals surface area contributed by atoms with Gasteiger partial charge >= 0.3 is 0 Å². The minimum Gasteiger partial charge on any atom is -0.385 e. The van der Waals surface area contributed by atoms with E-state index in [2.05, 4.69) is 15.6 Å². The molecule has 0 aromatic rings. The highest BCUT2D eigenvalue weighted by atomic mass is 127. The minimum absolute atomic E-state index is 0. The molecular formula is C18H35IN4O2. The molecule has 7 heteroatoms. The Bertz CT molecular complexity index is 421. The van der Waals surface area contributed by atoms with Gasteiger partial charge in [0.25, 0.3) is 0 Å². The molecule has 0 aromatic heterocycles. The van der Waals surface area contributed by atoms with Crippen LogP contribution in [0.25, 0.3) is 0 Å². The number of hydrogen-bond acceptors (Lipinski definition) is 3. The number of nitrogens with one attached hydrogen (secondary N) is 2. The van der Waals surface area contributed by atoms with Crippen LogP contribution < -0.4 is 10.6 Å². The summed E-state index contributed by atoms with van der Waals surface area (Å²) in [4.78, 5) is 18.7. The van der Waals surface area contributed by atoms with E-state index in [1.165, 1.54) is 25.7 Å². The number of nitrogens with zero attached hydrogens (tertiary/aromatic N) is 2. The number of hydrogen-bond donors (Lipinski definition) is 2. The number of halogens is 1. The van der Waals surface area contributed by atoms with Crippen molar-refractivity contribution in [2.24, 2.45) is 10.4 Å². The van der Waals surface area contributed by atoms with Crippen molar-refractivity contribution in [3.05, 3.63) is 0 Å². The summed E-state index contributed by atoms with van der Waals surface area (Å²) in [6, 6.07) is 0. The first-order valence-corrected chi connectivity index (χ1v) is 9.48. The predicted octanol–water partition coefficient (Wildman–Crippen LogP) is 2.38. The molecule has 0 aromatic carbocycles. The van der Waals surface area contributed by atoms with Crippen LogP contribution >= 0.6 is 24.0 Å². The van der Waals surface area contributed by atoms with Gasteiger partial charge in [-0.15, -0.1) is 24.0 Å². The quantitative estimate of drug-likeness (QED) is 0.328. The summed E-state index contributed by atoms with van der Waals surface area (Å²) in [5, 5.41) is 6.70. The zero-order chi connectivity index (χ0) is 17.3. The zero-order valence-electron chi connectivity index (χ0n) is 15.8. The van der Waals surface area contributed by atoms with E-state index in [0.717, 1.165) is 58.0 Å². The number of aliphatic imine (C=N–C) groups is 1. The van der Waals surface area contributed by atoms with Crippen molar-refractivity contribution >= 4 is 35.8 Å². The molecular weight excluding hydrogens is 431 g/mol. The lowest BCUT2D eigenvalue weighted by atomic mass is 9.67. The molecule has 2 aliphatic rings. The van der Waals surface area contributed by atoms with Crippen LogP contribution in [0.3, 0.4) is 0 Å². The highest BCUT2D eigenvalue weighted by molar-refractivity contribution is 14.0. The summed E-state index contributed by atoms with van der Waals surface area (Å²) in [5.41, 5.74) is 0.336. The fourth-order valence-electron chi connectivity index (χ4n) is 3.51. The van der Waals surface area contributed by atoms with Crippen LogP contribution in [0.4, 0.5) is 0 Å². The molecule has 2 fully saturated rings. The lowest BCUT2D eigenvalue weighted by Crippen LogP contribution is -2.47. The third kappa shape index (κ3) is 7.29. The maximum Gasteiger partial charge on any atom is 0.244 e. The summed E-state index contributed by atoms with van der Waals surface area (Å²) in [6.45, 7) is 6.57. The van der Waals surface area contributed by atoms with Crippen molar-refractivity contribution in [1.82, 2.24) is 15.5 Å². The second-order valence-electron chi connectivity index (χ2n) is 7.09. The van der Waals surface area contributed by atoms with E-state index < -0.39 is 0 Å². The van der Waals surface area contributed by atoms with E-state index >= 15 is 0 Å². The Kier molecular flexibility index (Phi) is 10.7. The highest BCUT2D eigenvalue weighted by Gasteiger charge is 2.36. The van der Waals surface area contributed by atoms with Crippen LogP contribution in [0.5, 0.6) is 0 Å². The molecule has 6 nitrogen and oxygen atoms in total. The van der Waals surface area contributed by atoms with Crippen molar-refractivity contribution in [2.75, 3.05) is 46.4 Å². The van der Waals surface area contributed by atoms with Gasteiger partial charge in [-0.2, -0.15) is 0 Å². The van der Waals surface area contributed by atoms with E-state index in [4.69, 9.17) is 4.74 Å². The van der Waals surface area contributed by atoms with E-state index in [0.29, 0.717) is 5.41 Å². The molecule has 1 aliphatic carbocycles. The van der Waals surface area contributed by atoms with Gasteiger partial charge in [0, 0.05) is 39.9 Å². The van der Waals surface area contributed by atoms with Crippen LogP contribution in [0.15, 0.2) is 4.99 Å². The van der Waals surface area contributed by atoms with Gasteiger partial charge in [0.15, 0.2) is 5.96 Å². The van der Waals surface area contributed by atoms with Crippen molar-refractivity contribution in [1.29, 1.82) is 0 Å². The Morgan fingerprint density at radius 1 is 1.16 bits per heavy atom. The third-order valence-corrected chi connectivity index (χ3v) is 5.31. The number of amides is 1. The Balaban J connectivity index is 0.00000312. The Labute approximate surface area is 169 Å². The standard InChI is InChI=1S/C18H34N4O2.HI/c1-3-19-17(20-14-16(23)22-11-5-4-6-12-22)21-15-18(8-7-9-18)10-13-24-2;/h3-15H2,1-2H3,(H2,19,20,21);1H. The molecule has 0 bridgehead atoms. The first kappa shape index (κ1) is 22.5. The maximum absolute atomic E-state index is 12.3. The number of rotatable bonds is 8. The summed E-state index contributed by atoms with van der Waals surface area (Å²) >= 11 is 0. The molecule has 1 saturated heterocycles. The van der Waals surface area contributed by atoms with E-state index in [1.807, 2.05) is 11.8 Å². The fourth-order valence-corrected chi connectivity index (χ4v) is 3.51. The van der Waals surface area contributed by atoms with E-state index in [1.54, 1.807) is 7.11 Å². The van der Waals surface area contributed by atoms with E-state index in [-0.39, 0.29) is 36.4 Å². The molecule has 0 atom stereocenters. The predicted molar refractivity (Wildman–Crippen MR) is 113 cm³/mol. The van der Waals surface area contributed by atoms with Gasteiger partial charge in [0.1, 0.15) is 6.54 Å². The topological polar surface area (TPSA) is 66.0 Å². The zero-order valence-corrected chi connectivity index (χ0v) is 18.1. The SMILES string of the molecule is CCNC(=NCC(=O)N1CCCCC1)NCC1(CCOC)CCC1.I. The molecule has 2 rings (SSSR count). The van der Waals surface area contributed by atoms with Crippen LogP contribution in [0.2, 0.25) is 0 Å². The largest absolute Gasteiger partial charge is 0.385 e. The Morgan fingerprint density at radius 3 is 2.44 bits per heavy atom. The third-order valence-electron chi connectivity index (χ3n) is 5.31. The average Bonchev–Trinajstić information content (AvgIpc) is 2.58. The lowest BCUT2D eigenvalue weighted by molar-refractivity contribution is -0.130. The molecule has 1 aliphatic heterocycles. The fraction of sp³-hybridized carbons (Fsp3) is 0.889. The molecule has 1 saturated carbocycles. The van der Waals surface area contributed by atoms with Crippen LogP contribution in [-0.2, 0) is 9.53 Å². The van der Waals surface area contributed by atoms with Crippen molar-refractivity contribution < 1.29 is 9.53 Å². The molecule has 0 spiro atoms. The van der Waals surface area contributed by atoms with Gasteiger partial charge in [-0.05, 0) is 50.9 Å². The van der Waals surface area contributed by atoms with Crippen LogP contribution in [-0.4, -0.2) is 63.2 Å². The number of likely N-dealkylation sites (tertiary alicyclic amines) is 1. The summed E-state index contributed by atoms with van der Waals surface area (Å²) in [6.07, 6.45) is 8.35. The molecule has 0 radical (unpaired) electrons. The number of carbonyl (C=O) groups is 1. The number of guanidine groups is 1. The normalized spacial score (nSPS) is 19.6. The lowest BCUT2D eigenvalue weighted by Gasteiger charge is -2.42. The van der Waals surface area contributed by atoms with E-state index in [9.17, 15) is 4.79 Å². The number of piperidine rings is 1.